The quantitative estimate of drug-likeness (QED) is 0.508. The van der Waals surface area contributed by atoms with Crippen molar-refractivity contribution in [1.29, 1.82) is 5.26 Å². The molecule has 1 aromatic rings. The Labute approximate surface area is 150 Å². The molecule has 0 heterocycles. The molecule has 2 heteroatoms. The van der Waals surface area contributed by atoms with Gasteiger partial charge in [0, 0.05) is 9.52 Å². The van der Waals surface area contributed by atoms with Crippen molar-refractivity contribution in [3.8, 4) is 6.07 Å². The third-order valence-corrected chi connectivity index (χ3v) is 8.99. The van der Waals surface area contributed by atoms with E-state index in [1.54, 1.807) is 0 Å². The fourth-order valence-electron chi connectivity index (χ4n) is 5.06. The van der Waals surface area contributed by atoms with Crippen molar-refractivity contribution in [2.75, 3.05) is 0 Å². The van der Waals surface area contributed by atoms with E-state index >= 15 is 0 Å². The number of nitriles is 1. The molecular weight excluding hydrogens is 306 g/mol. The number of benzene rings is 1. The molecule has 0 aliphatic heterocycles. The molecule has 0 radical (unpaired) electrons. The summed E-state index contributed by atoms with van der Waals surface area (Å²) in [5.74, 6) is 2.73. The fourth-order valence-corrected chi connectivity index (χ4v) is 6.81. The summed E-state index contributed by atoms with van der Waals surface area (Å²) in [5, 5.41) is 8.93. The van der Waals surface area contributed by atoms with Crippen LogP contribution in [0.15, 0.2) is 36.9 Å². The lowest BCUT2D eigenvalue weighted by Crippen LogP contribution is -2.25. The summed E-state index contributed by atoms with van der Waals surface area (Å²) < 4.78 is 0. The Morgan fingerprint density at radius 3 is 2.08 bits per heavy atom. The van der Waals surface area contributed by atoms with Gasteiger partial charge in [0.2, 0.25) is 0 Å². The molecule has 3 rings (SSSR count). The van der Waals surface area contributed by atoms with Crippen molar-refractivity contribution in [3.05, 3.63) is 48.0 Å². The van der Waals surface area contributed by atoms with Gasteiger partial charge in [-0.3, -0.25) is 0 Å². The Morgan fingerprint density at radius 1 is 0.958 bits per heavy atom. The second-order valence-corrected chi connectivity index (χ2v) is 10.3. The standard InChI is InChI=1S/C22H31NSi/c1-2-15-24-22-13-11-21(12-14-22)20-9-7-19(8-10-20)18-5-3-17(16-23)4-6-18/h2-6,19-22H,1,7-15,24H2/t19-,20-,21-,22-. The Morgan fingerprint density at radius 2 is 1.54 bits per heavy atom. The van der Waals surface area contributed by atoms with Crippen LogP contribution in [0.1, 0.15) is 68.4 Å². The van der Waals surface area contributed by atoms with Gasteiger partial charge in [-0.2, -0.15) is 5.26 Å². The summed E-state index contributed by atoms with van der Waals surface area (Å²) in [5.41, 5.74) is 3.34. The maximum Gasteiger partial charge on any atom is 0.0991 e. The van der Waals surface area contributed by atoms with Crippen LogP contribution in [0.25, 0.3) is 0 Å². The smallest absolute Gasteiger partial charge is 0.0991 e. The molecule has 2 saturated carbocycles. The van der Waals surface area contributed by atoms with Gasteiger partial charge in [-0.1, -0.05) is 49.4 Å². The van der Waals surface area contributed by atoms with Crippen molar-refractivity contribution in [1.82, 2.24) is 0 Å². The van der Waals surface area contributed by atoms with Gasteiger partial charge < -0.3 is 0 Å². The Bertz CT molecular complexity index is 555. The molecule has 0 atom stereocenters. The van der Waals surface area contributed by atoms with Crippen LogP contribution in [0.4, 0.5) is 0 Å². The molecule has 0 aromatic heterocycles. The van der Waals surface area contributed by atoms with Crippen LogP contribution in [0.3, 0.4) is 0 Å². The second-order valence-electron chi connectivity index (χ2n) is 7.99. The van der Waals surface area contributed by atoms with Gasteiger partial charge in [-0.25, -0.2) is 0 Å². The van der Waals surface area contributed by atoms with Gasteiger partial charge in [-0.05, 0) is 67.2 Å². The Balaban J connectivity index is 1.45. The minimum atomic E-state index is 0.124. The topological polar surface area (TPSA) is 23.8 Å². The van der Waals surface area contributed by atoms with Crippen molar-refractivity contribution in [3.63, 3.8) is 0 Å². The zero-order valence-corrected chi connectivity index (χ0v) is 16.3. The molecule has 0 unspecified atom stereocenters. The summed E-state index contributed by atoms with van der Waals surface area (Å²) in [6.45, 7) is 3.89. The summed E-state index contributed by atoms with van der Waals surface area (Å²) >= 11 is 0. The lowest BCUT2D eigenvalue weighted by atomic mass is 9.70. The van der Waals surface area contributed by atoms with Crippen LogP contribution < -0.4 is 0 Å². The maximum atomic E-state index is 8.93. The van der Waals surface area contributed by atoms with E-state index < -0.39 is 0 Å². The van der Waals surface area contributed by atoms with E-state index in [1.807, 2.05) is 12.1 Å². The molecule has 0 N–H and O–H groups in total. The second kappa shape index (κ2) is 8.67. The van der Waals surface area contributed by atoms with Crippen LogP contribution >= 0.6 is 0 Å². The summed E-state index contributed by atoms with van der Waals surface area (Å²) in [4.78, 5) is 0. The SMILES string of the molecule is C=CC[SiH2][C@H]1CC[C@H]([C@H]2CC[C@H](c3ccc(C#N)cc3)CC2)CC1. The molecule has 0 saturated heterocycles. The van der Waals surface area contributed by atoms with Gasteiger partial charge in [0.05, 0.1) is 11.6 Å². The molecule has 128 valence electrons. The lowest BCUT2D eigenvalue weighted by molar-refractivity contribution is 0.186. The number of allylic oxidation sites excluding steroid dienone is 1. The van der Waals surface area contributed by atoms with Crippen LogP contribution in [0, 0.1) is 23.2 Å². The number of rotatable bonds is 5. The zero-order valence-electron chi connectivity index (χ0n) is 14.9. The molecule has 1 nitrogen and oxygen atoms in total. The van der Waals surface area contributed by atoms with E-state index in [4.69, 9.17) is 5.26 Å². The highest BCUT2D eigenvalue weighted by molar-refractivity contribution is 6.38. The predicted octanol–water partition coefficient (Wildman–Crippen LogP) is 5.58. The van der Waals surface area contributed by atoms with Crippen LogP contribution in [0.2, 0.25) is 11.6 Å². The largest absolute Gasteiger partial charge is 0.192 e. The maximum absolute atomic E-state index is 8.93. The monoisotopic (exact) mass is 337 g/mol. The molecule has 0 bridgehead atoms. The summed E-state index contributed by atoms with van der Waals surface area (Å²) in [6, 6.07) is 11.9. The highest BCUT2D eigenvalue weighted by Crippen LogP contribution is 2.44. The minimum absolute atomic E-state index is 0.124. The first-order valence-corrected chi connectivity index (χ1v) is 11.7. The molecule has 24 heavy (non-hydrogen) atoms. The predicted molar refractivity (Wildman–Crippen MR) is 105 cm³/mol. The van der Waals surface area contributed by atoms with Crippen molar-refractivity contribution >= 4 is 9.52 Å². The molecule has 2 aliphatic rings. The van der Waals surface area contributed by atoms with Crippen LogP contribution in [-0.4, -0.2) is 9.52 Å². The lowest BCUT2D eigenvalue weighted by Gasteiger charge is -2.38. The Kier molecular flexibility index (Phi) is 6.32. The third-order valence-electron chi connectivity index (χ3n) is 6.62. The van der Waals surface area contributed by atoms with E-state index in [0.29, 0.717) is 0 Å². The Hall–Kier alpha value is -1.33. The van der Waals surface area contributed by atoms with Gasteiger partial charge >= 0.3 is 0 Å². The average Bonchev–Trinajstić information content (AvgIpc) is 2.67. The first-order chi connectivity index (χ1) is 11.8. The molecule has 2 aliphatic carbocycles. The molecule has 0 spiro atoms. The number of hydrogen-bond acceptors (Lipinski definition) is 1. The van der Waals surface area contributed by atoms with Crippen molar-refractivity contribution in [2.24, 2.45) is 11.8 Å². The minimum Gasteiger partial charge on any atom is -0.192 e. The van der Waals surface area contributed by atoms with Crippen LogP contribution in [0.5, 0.6) is 0 Å². The van der Waals surface area contributed by atoms with E-state index in [9.17, 15) is 0 Å². The number of hydrogen-bond donors (Lipinski definition) is 0. The zero-order chi connectivity index (χ0) is 16.8. The van der Waals surface area contributed by atoms with E-state index in [0.717, 1.165) is 28.9 Å². The normalized spacial score (nSPS) is 31.0. The van der Waals surface area contributed by atoms with E-state index in [1.165, 1.54) is 63.0 Å². The van der Waals surface area contributed by atoms with Crippen molar-refractivity contribution < 1.29 is 0 Å². The fraction of sp³-hybridized carbons (Fsp3) is 0.591. The first kappa shape index (κ1) is 17.5. The number of nitrogens with zero attached hydrogens (tertiary/aromatic N) is 1. The van der Waals surface area contributed by atoms with Gasteiger partial charge in [-0.15, -0.1) is 6.58 Å². The van der Waals surface area contributed by atoms with E-state index in [2.05, 4.69) is 30.9 Å². The van der Waals surface area contributed by atoms with Gasteiger partial charge in [0.1, 0.15) is 0 Å². The van der Waals surface area contributed by atoms with Crippen LogP contribution in [-0.2, 0) is 0 Å². The molecule has 0 amide bonds. The van der Waals surface area contributed by atoms with Gasteiger partial charge in [0.15, 0.2) is 0 Å². The van der Waals surface area contributed by atoms with Gasteiger partial charge in [0.25, 0.3) is 0 Å². The first-order valence-electron chi connectivity index (χ1n) is 9.91. The molecule has 2 fully saturated rings. The molecular formula is C22H31NSi. The van der Waals surface area contributed by atoms with E-state index in [-0.39, 0.29) is 9.52 Å². The summed E-state index contributed by atoms with van der Waals surface area (Å²) in [6.07, 6.45) is 13.7. The third kappa shape index (κ3) is 4.39. The highest BCUT2D eigenvalue weighted by atomic mass is 28.2. The average molecular weight is 338 g/mol. The highest BCUT2D eigenvalue weighted by Gasteiger charge is 2.31. The molecule has 1 aromatic carbocycles. The van der Waals surface area contributed by atoms with Crippen molar-refractivity contribution in [2.45, 2.75) is 68.9 Å². The summed E-state index contributed by atoms with van der Waals surface area (Å²) in [7, 11) is 0.124.